The molecule has 0 aliphatic carbocycles. The Hall–Kier alpha value is -3.41. The number of carboxylic acid groups (broad SMARTS) is 2. The van der Waals surface area contributed by atoms with Crippen LogP contribution in [-0.4, -0.2) is 27.1 Å². The highest BCUT2D eigenvalue weighted by atomic mass is 16.4. The highest BCUT2D eigenvalue weighted by Crippen LogP contribution is 2.25. The van der Waals surface area contributed by atoms with Crippen LogP contribution >= 0.6 is 0 Å². The summed E-state index contributed by atoms with van der Waals surface area (Å²) in [6.07, 6.45) is 7.02. The number of aromatic nitrogens is 1. The van der Waals surface area contributed by atoms with Crippen molar-refractivity contribution in [2.75, 3.05) is 0 Å². The number of aliphatic carboxylic acids is 2. The van der Waals surface area contributed by atoms with E-state index < -0.39 is 17.9 Å². The van der Waals surface area contributed by atoms with Crippen molar-refractivity contribution < 1.29 is 24.2 Å². The van der Waals surface area contributed by atoms with Gasteiger partial charge in [-0.3, -0.25) is 9.59 Å². The number of nitrogens with zero attached hydrogens (tertiary/aromatic N) is 1. The zero-order valence-corrected chi connectivity index (χ0v) is 17.4. The summed E-state index contributed by atoms with van der Waals surface area (Å²) >= 11 is 0. The van der Waals surface area contributed by atoms with Crippen LogP contribution in [0.3, 0.4) is 0 Å². The van der Waals surface area contributed by atoms with Crippen LogP contribution in [0.25, 0.3) is 22.6 Å². The lowest BCUT2D eigenvalue weighted by atomic mass is 10.0. The summed E-state index contributed by atoms with van der Waals surface area (Å²) in [6, 6.07) is 18.4. The number of aryl methyl sites for hydroxylation is 1. The van der Waals surface area contributed by atoms with E-state index in [1.165, 1.54) is 5.56 Å². The Kier molecular flexibility index (Phi) is 7.98. The second-order valence-corrected chi connectivity index (χ2v) is 7.62. The van der Waals surface area contributed by atoms with Gasteiger partial charge in [-0.05, 0) is 42.5 Å². The first-order valence-corrected chi connectivity index (χ1v) is 10.6. The second-order valence-electron chi connectivity index (χ2n) is 7.62. The van der Waals surface area contributed by atoms with E-state index in [0.29, 0.717) is 12.3 Å². The number of oxazole rings is 1. The van der Waals surface area contributed by atoms with Gasteiger partial charge in [0.05, 0.1) is 5.69 Å². The van der Waals surface area contributed by atoms with Gasteiger partial charge < -0.3 is 14.6 Å². The zero-order chi connectivity index (χ0) is 22.1. The molecule has 1 heterocycles. The third kappa shape index (κ3) is 6.54. The smallest absolute Gasteiger partial charge is 0.317 e. The monoisotopic (exact) mass is 421 g/mol. The number of hydrogen-bond acceptors (Lipinski definition) is 4. The van der Waals surface area contributed by atoms with Crippen molar-refractivity contribution in [1.82, 2.24) is 4.98 Å². The summed E-state index contributed by atoms with van der Waals surface area (Å²) < 4.78 is 5.64. The van der Waals surface area contributed by atoms with Crippen molar-refractivity contribution in [2.24, 2.45) is 5.92 Å². The maximum Gasteiger partial charge on any atom is 0.317 e. The van der Waals surface area contributed by atoms with Gasteiger partial charge in [-0.2, -0.15) is 0 Å². The number of unbranched alkanes of at least 4 members (excludes halogenated alkanes) is 4. The molecule has 0 spiro atoms. The van der Waals surface area contributed by atoms with Gasteiger partial charge in [0.15, 0.2) is 5.92 Å². The summed E-state index contributed by atoms with van der Waals surface area (Å²) in [5.74, 6) is -3.20. The average Bonchev–Trinajstić information content (AvgIpc) is 3.25. The first kappa shape index (κ1) is 22.3. The first-order valence-electron chi connectivity index (χ1n) is 10.6. The molecule has 6 heteroatoms. The Labute approximate surface area is 181 Å². The van der Waals surface area contributed by atoms with Crippen LogP contribution in [-0.2, 0) is 16.0 Å². The second kappa shape index (κ2) is 11.1. The predicted octanol–water partition coefficient (Wildman–Crippen LogP) is 5.68. The molecule has 3 rings (SSSR count). The fourth-order valence-electron chi connectivity index (χ4n) is 3.53. The Bertz CT molecular complexity index is 965. The van der Waals surface area contributed by atoms with Crippen molar-refractivity contribution >= 4 is 11.9 Å². The zero-order valence-electron chi connectivity index (χ0n) is 17.4. The largest absolute Gasteiger partial charge is 0.481 e. The fraction of sp³-hybridized carbons (Fsp3) is 0.320. The fourth-order valence-corrected chi connectivity index (χ4v) is 3.53. The molecule has 0 bridgehead atoms. The van der Waals surface area contributed by atoms with Crippen LogP contribution in [0.1, 0.15) is 44.2 Å². The summed E-state index contributed by atoms with van der Waals surface area (Å²) in [4.78, 5) is 26.3. The maximum absolute atomic E-state index is 10.9. The Morgan fingerprint density at radius 2 is 1.35 bits per heavy atom. The summed E-state index contributed by atoms with van der Waals surface area (Å²) in [6.45, 7) is 0. The SMILES string of the molecule is O=C(O)C(CCCCCCCc1coc(-c2ccc(-c3ccccc3)cc2)n1)C(=O)O. The molecule has 0 fully saturated rings. The Morgan fingerprint density at radius 1 is 0.774 bits per heavy atom. The highest BCUT2D eigenvalue weighted by molar-refractivity contribution is 5.92. The third-order valence-electron chi connectivity index (χ3n) is 5.31. The number of rotatable bonds is 12. The first-order chi connectivity index (χ1) is 15.0. The van der Waals surface area contributed by atoms with Gasteiger partial charge in [-0.25, -0.2) is 4.98 Å². The normalized spacial score (nSPS) is 11.0. The molecular weight excluding hydrogens is 394 g/mol. The van der Waals surface area contributed by atoms with Gasteiger partial charge in [0, 0.05) is 5.56 Å². The lowest BCUT2D eigenvalue weighted by molar-refractivity contribution is -0.154. The minimum atomic E-state index is -1.30. The Morgan fingerprint density at radius 3 is 2.03 bits per heavy atom. The van der Waals surface area contributed by atoms with Gasteiger partial charge in [0.25, 0.3) is 0 Å². The average molecular weight is 421 g/mol. The van der Waals surface area contributed by atoms with Crippen LogP contribution in [0.2, 0.25) is 0 Å². The molecule has 3 aromatic rings. The molecule has 0 unspecified atom stereocenters. The summed E-state index contributed by atoms with van der Waals surface area (Å²) in [5, 5.41) is 17.7. The van der Waals surface area contributed by atoms with E-state index in [0.717, 1.165) is 48.9 Å². The van der Waals surface area contributed by atoms with Gasteiger partial charge in [-0.15, -0.1) is 0 Å². The predicted molar refractivity (Wildman–Crippen MR) is 118 cm³/mol. The molecule has 0 amide bonds. The van der Waals surface area contributed by atoms with Gasteiger partial charge in [-0.1, -0.05) is 68.1 Å². The lowest BCUT2D eigenvalue weighted by Gasteiger charge is -2.06. The lowest BCUT2D eigenvalue weighted by Crippen LogP contribution is -2.23. The van der Waals surface area contributed by atoms with E-state index in [9.17, 15) is 9.59 Å². The topological polar surface area (TPSA) is 101 Å². The van der Waals surface area contributed by atoms with Crippen LogP contribution in [0, 0.1) is 5.92 Å². The van der Waals surface area contributed by atoms with Crippen molar-refractivity contribution in [3.05, 3.63) is 66.6 Å². The third-order valence-corrected chi connectivity index (χ3v) is 5.31. The van der Waals surface area contributed by atoms with Crippen LogP contribution in [0.5, 0.6) is 0 Å². The van der Waals surface area contributed by atoms with E-state index in [4.69, 9.17) is 14.6 Å². The molecule has 0 atom stereocenters. The van der Waals surface area contributed by atoms with E-state index in [2.05, 4.69) is 29.2 Å². The molecule has 31 heavy (non-hydrogen) atoms. The van der Waals surface area contributed by atoms with Gasteiger partial charge >= 0.3 is 11.9 Å². The molecular formula is C25H27NO5. The summed E-state index contributed by atoms with van der Waals surface area (Å²) in [7, 11) is 0. The van der Waals surface area contributed by atoms with Crippen LogP contribution in [0.15, 0.2) is 65.3 Å². The Balaban J connectivity index is 1.39. The minimum absolute atomic E-state index is 0.181. The molecule has 0 saturated carbocycles. The molecule has 0 radical (unpaired) electrons. The molecule has 1 aromatic heterocycles. The van der Waals surface area contributed by atoms with Crippen molar-refractivity contribution in [1.29, 1.82) is 0 Å². The number of hydrogen-bond donors (Lipinski definition) is 2. The molecule has 2 aromatic carbocycles. The molecule has 2 N–H and O–H groups in total. The number of benzene rings is 2. The van der Waals surface area contributed by atoms with E-state index >= 15 is 0 Å². The van der Waals surface area contributed by atoms with E-state index in [1.807, 2.05) is 30.3 Å². The maximum atomic E-state index is 10.9. The van der Waals surface area contributed by atoms with Crippen LogP contribution < -0.4 is 0 Å². The summed E-state index contributed by atoms with van der Waals surface area (Å²) in [5.41, 5.74) is 4.18. The van der Waals surface area contributed by atoms with E-state index in [-0.39, 0.29) is 6.42 Å². The minimum Gasteiger partial charge on any atom is -0.481 e. The van der Waals surface area contributed by atoms with Crippen molar-refractivity contribution in [3.8, 4) is 22.6 Å². The molecule has 6 nitrogen and oxygen atoms in total. The molecule has 0 aliphatic heterocycles. The quantitative estimate of drug-likeness (QED) is 0.288. The number of carbonyl (C=O) groups is 2. The molecule has 0 aliphatic rings. The number of carboxylic acids is 2. The van der Waals surface area contributed by atoms with E-state index in [1.54, 1.807) is 6.26 Å². The highest BCUT2D eigenvalue weighted by Gasteiger charge is 2.24. The van der Waals surface area contributed by atoms with Crippen molar-refractivity contribution in [3.63, 3.8) is 0 Å². The van der Waals surface area contributed by atoms with Crippen molar-refractivity contribution in [2.45, 2.75) is 44.9 Å². The van der Waals surface area contributed by atoms with Gasteiger partial charge in [0.2, 0.25) is 5.89 Å². The van der Waals surface area contributed by atoms with Gasteiger partial charge in [0.1, 0.15) is 6.26 Å². The molecule has 162 valence electrons. The standard InChI is InChI=1S/C25H27NO5/c27-24(28)22(25(29)30)12-8-3-1-2-7-11-21-17-31-23(26-21)20-15-13-19(14-16-20)18-9-5-4-6-10-18/h4-6,9-10,13-17,22H,1-3,7-8,11-12H2,(H,27,28)(H,29,30). The molecule has 0 saturated heterocycles. The van der Waals surface area contributed by atoms with Crippen LogP contribution in [0.4, 0.5) is 0 Å².